The van der Waals surface area contributed by atoms with Gasteiger partial charge in [0.25, 0.3) is 0 Å². The Hall–Kier alpha value is -1.39. The molecule has 118 valence electrons. The van der Waals surface area contributed by atoms with Gasteiger partial charge in [-0.1, -0.05) is 44.2 Å². The molecule has 1 aromatic carbocycles. The minimum Gasteiger partial charge on any atom is -0.363 e. The zero-order chi connectivity index (χ0) is 15.9. The molecule has 0 saturated carbocycles. The van der Waals surface area contributed by atoms with Gasteiger partial charge in [-0.05, 0) is 54.1 Å². The van der Waals surface area contributed by atoms with Crippen molar-refractivity contribution >= 4 is 28.7 Å². The fraction of sp³-hybridized carbons (Fsp3) is 0.389. The standard InChI is InChI=1S/C18H24N2S2/c1-4-19-18(21)20-17(16-6-5-11-22-16)15-9-7-14(8-10-15)12-13(2)3/h5-11,13,17H,4,12H2,1-3H3,(H2,19,20,21)/t17-/m0/s1. The van der Waals surface area contributed by atoms with E-state index in [1.165, 1.54) is 16.0 Å². The van der Waals surface area contributed by atoms with E-state index in [4.69, 9.17) is 12.2 Å². The summed E-state index contributed by atoms with van der Waals surface area (Å²) in [6.07, 6.45) is 1.12. The molecular weight excluding hydrogens is 308 g/mol. The zero-order valence-electron chi connectivity index (χ0n) is 13.4. The highest BCUT2D eigenvalue weighted by atomic mass is 32.1. The summed E-state index contributed by atoms with van der Waals surface area (Å²) in [5, 5.41) is 9.40. The number of hydrogen-bond acceptors (Lipinski definition) is 2. The van der Waals surface area contributed by atoms with Gasteiger partial charge in [0.1, 0.15) is 0 Å². The quantitative estimate of drug-likeness (QED) is 0.761. The molecule has 0 saturated heterocycles. The molecule has 0 aliphatic carbocycles. The Morgan fingerprint density at radius 1 is 1.18 bits per heavy atom. The second kappa shape index (κ2) is 8.30. The van der Waals surface area contributed by atoms with Crippen molar-refractivity contribution in [3.05, 3.63) is 57.8 Å². The van der Waals surface area contributed by atoms with Crippen LogP contribution >= 0.6 is 23.6 Å². The molecule has 0 unspecified atom stereocenters. The number of thiophene rings is 1. The van der Waals surface area contributed by atoms with E-state index in [1.807, 2.05) is 0 Å². The van der Waals surface area contributed by atoms with Crippen molar-refractivity contribution in [2.45, 2.75) is 33.2 Å². The fourth-order valence-electron chi connectivity index (χ4n) is 2.43. The molecular formula is C18H24N2S2. The van der Waals surface area contributed by atoms with Crippen LogP contribution in [0.3, 0.4) is 0 Å². The van der Waals surface area contributed by atoms with Crippen LogP contribution in [0.4, 0.5) is 0 Å². The lowest BCUT2D eigenvalue weighted by molar-refractivity contribution is 0.646. The van der Waals surface area contributed by atoms with E-state index < -0.39 is 0 Å². The zero-order valence-corrected chi connectivity index (χ0v) is 15.1. The van der Waals surface area contributed by atoms with Crippen LogP contribution in [-0.4, -0.2) is 11.7 Å². The molecule has 2 aromatic rings. The van der Waals surface area contributed by atoms with E-state index in [1.54, 1.807) is 11.3 Å². The smallest absolute Gasteiger partial charge is 0.167 e. The first-order chi connectivity index (χ1) is 10.6. The Labute approximate surface area is 143 Å². The number of nitrogens with one attached hydrogen (secondary N) is 2. The first kappa shape index (κ1) is 17.0. The second-order valence-corrected chi connectivity index (χ2v) is 7.18. The highest BCUT2D eigenvalue weighted by Gasteiger charge is 2.16. The summed E-state index contributed by atoms with van der Waals surface area (Å²) in [7, 11) is 0. The number of thiocarbonyl (C=S) groups is 1. The van der Waals surface area contributed by atoms with Gasteiger partial charge in [-0.25, -0.2) is 0 Å². The van der Waals surface area contributed by atoms with Crippen molar-refractivity contribution in [3.8, 4) is 0 Å². The lowest BCUT2D eigenvalue weighted by Gasteiger charge is -2.20. The van der Waals surface area contributed by atoms with Crippen LogP contribution in [0.5, 0.6) is 0 Å². The Morgan fingerprint density at radius 2 is 1.91 bits per heavy atom. The van der Waals surface area contributed by atoms with Crippen LogP contribution in [0.25, 0.3) is 0 Å². The Balaban J connectivity index is 2.19. The third-order valence-electron chi connectivity index (χ3n) is 3.40. The minimum atomic E-state index is 0.111. The molecule has 0 aliphatic heterocycles. The van der Waals surface area contributed by atoms with E-state index in [0.717, 1.165) is 13.0 Å². The van der Waals surface area contributed by atoms with Gasteiger partial charge >= 0.3 is 0 Å². The molecule has 2 N–H and O–H groups in total. The third-order valence-corrected chi connectivity index (χ3v) is 4.60. The SMILES string of the molecule is CCNC(=S)N[C@@H](c1ccc(CC(C)C)cc1)c1cccs1. The van der Waals surface area contributed by atoms with Crippen molar-refractivity contribution in [1.82, 2.24) is 10.6 Å². The van der Waals surface area contributed by atoms with E-state index in [-0.39, 0.29) is 6.04 Å². The molecule has 0 fully saturated rings. The van der Waals surface area contributed by atoms with E-state index in [9.17, 15) is 0 Å². The Kier molecular flexibility index (Phi) is 6.40. The van der Waals surface area contributed by atoms with Crippen LogP contribution in [0, 0.1) is 5.92 Å². The summed E-state index contributed by atoms with van der Waals surface area (Å²) >= 11 is 7.12. The Bertz CT molecular complexity index is 574. The fourth-order valence-corrected chi connectivity index (χ4v) is 3.50. The summed E-state index contributed by atoms with van der Waals surface area (Å²) in [4.78, 5) is 1.27. The molecule has 22 heavy (non-hydrogen) atoms. The highest BCUT2D eigenvalue weighted by molar-refractivity contribution is 7.80. The topological polar surface area (TPSA) is 24.1 Å². The number of benzene rings is 1. The normalized spacial score (nSPS) is 12.2. The van der Waals surface area contributed by atoms with Crippen LogP contribution in [0.1, 0.15) is 42.8 Å². The molecule has 0 amide bonds. The van der Waals surface area contributed by atoms with Crippen LogP contribution in [0.2, 0.25) is 0 Å². The third kappa shape index (κ3) is 4.82. The van der Waals surface area contributed by atoms with Gasteiger partial charge in [-0.3, -0.25) is 0 Å². The predicted molar refractivity (Wildman–Crippen MR) is 101 cm³/mol. The Morgan fingerprint density at radius 3 is 2.45 bits per heavy atom. The molecule has 1 aromatic heterocycles. The number of rotatable bonds is 6. The summed E-state index contributed by atoms with van der Waals surface area (Å²) < 4.78 is 0. The molecule has 1 atom stereocenters. The maximum absolute atomic E-state index is 5.37. The summed E-state index contributed by atoms with van der Waals surface area (Å²) in [5.74, 6) is 0.679. The maximum Gasteiger partial charge on any atom is 0.167 e. The average Bonchev–Trinajstić information content (AvgIpc) is 2.99. The predicted octanol–water partition coefficient (Wildman–Crippen LogP) is 4.52. The molecule has 0 aliphatic rings. The van der Waals surface area contributed by atoms with Crippen LogP contribution in [0.15, 0.2) is 41.8 Å². The molecule has 2 rings (SSSR count). The minimum absolute atomic E-state index is 0.111. The molecule has 0 radical (unpaired) electrons. The van der Waals surface area contributed by atoms with E-state index in [2.05, 4.69) is 73.2 Å². The lowest BCUT2D eigenvalue weighted by atomic mass is 9.99. The molecule has 1 heterocycles. The summed E-state index contributed by atoms with van der Waals surface area (Å²) in [6, 6.07) is 13.2. The van der Waals surface area contributed by atoms with Gasteiger partial charge in [0.2, 0.25) is 0 Å². The largest absolute Gasteiger partial charge is 0.363 e. The highest BCUT2D eigenvalue weighted by Crippen LogP contribution is 2.26. The van der Waals surface area contributed by atoms with Gasteiger partial charge in [0.15, 0.2) is 5.11 Å². The second-order valence-electron chi connectivity index (χ2n) is 5.79. The first-order valence-corrected chi connectivity index (χ1v) is 9.05. The first-order valence-electron chi connectivity index (χ1n) is 7.76. The molecule has 0 bridgehead atoms. The molecule has 2 nitrogen and oxygen atoms in total. The van der Waals surface area contributed by atoms with E-state index in [0.29, 0.717) is 11.0 Å². The van der Waals surface area contributed by atoms with Gasteiger partial charge in [-0.2, -0.15) is 0 Å². The van der Waals surface area contributed by atoms with Crippen LogP contribution < -0.4 is 10.6 Å². The van der Waals surface area contributed by atoms with Crippen molar-refractivity contribution in [3.63, 3.8) is 0 Å². The number of hydrogen-bond donors (Lipinski definition) is 2. The van der Waals surface area contributed by atoms with E-state index >= 15 is 0 Å². The average molecular weight is 333 g/mol. The summed E-state index contributed by atoms with van der Waals surface area (Å²) in [6.45, 7) is 7.38. The molecule has 4 heteroatoms. The van der Waals surface area contributed by atoms with Gasteiger partial charge < -0.3 is 10.6 Å². The molecule has 0 spiro atoms. The lowest BCUT2D eigenvalue weighted by Crippen LogP contribution is -2.37. The van der Waals surface area contributed by atoms with Crippen molar-refractivity contribution in [1.29, 1.82) is 0 Å². The van der Waals surface area contributed by atoms with Gasteiger partial charge in [0.05, 0.1) is 6.04 Å². The summed E-state index contributed by atoms with van der Waals surface area (Å²) in [5.41, 5.74) is 2.63. The van der Waals surface area contributed by atoms with Crippen LogP contribution in [-0.2, 0) is 6.42 Å². The van der Waals surface area contributed by atoms with Crippen molar-refractivity contribution in [2.24, 2.45) is 5.92 Å². The maximum atomic E-state index is 5.37. The van der Waals surface area contributed by atoms with Gasteiger partial charge in [0, 0.05) is 11.4 Å². The van der Waals surface area contributed by atoms with Crippen molar-refractivity contribution in [2.75, 3.05) is 6.54 Å². The van der Waals surface area contributed by atoms with Crippen molar-refractivity contribution < 1.29 is 0 Å². The monoisotopic (exact) mass is 332 g/mol. The van der Waals surface area contributed by atoms with Gasteiger partial charge in [-0.15, -0.1) is 11.3 Å².